The molecule has 0 aliphatic carbocycles. The van der Waals surface area contributed by atoms with Crippen molar-refractivity contribution in [1.29, 1.82) is 5.26 Å². The number of rotatable bonds is 5. The minimum absolute atomic E-state index is 0.197. The molecule has 28 heavy (non-hydrogen) atoms. The van der Waals surface area contributed by atoms with E-state index in [9.17, 15) is 13.2 Å². The molecule has 1 heterocycles. The Morgan fingerprint density at radius 3 is 2.25 bits per heavy atom. The van der Waals surface area contributed by atoms with Crippen LogP contribution >= 0.6 is 0 Å². The number of nitrogens with zero attached hydrogens (tertiary/aromatic N) is 2. The highest BCUT2D eigenvalue weighted by Gasteiger charge is 2.30. The summed E-state index contributed by atoms with van der Waals surface area (Å²) >= 11 is 0. The molecule has 0 aromatic heterocycles. The van der Waals surface area contributed by atoms with Crippen LogP contribution in [0.2, 0.25) is 0 Å². The Morgan fingerprint density at radius 2 is 1.71 bits per heavy atom. The molecule has 1 saturated heterocycles. The topological polar surface area (TPSA) is 94.7 Å². The van der Waals surface area contributed by atoms with Gasteiger partial charge in [-0.25, -0.2) is 8.42 Å². The lowest BCUT2D eigenvalue weighted by molar-refractivity contribution is -0.917. The van der Waals surface area contributed by atoms with Crippen LogP contribution in [-0.4, -0.2) is 44.8 Å². The van der Waals surface area contributed by atoms with Crippen molar-refractivity contribution in [1.82, 2.24) is 4.31 Å². The van der Waals surface area contributed by atoms with Crippen LogP contribution < -0.4 is 10.2 Å². The van der Waals surface area contributed by atoms with E-state index < -0.39 is 10.0 Å². The number of hydrogen-bond donors (Lipinski definition) is 2. The molecule has 146 valence electrons. The van der Waals surface area contributed by atoms with E-state index in [4.69, 9.17) is 5.26 Å². The third kappa shape index (κ3) is 4.75. The summed E-state index contributed by atoms with van der Waals surface area (Å²) in [6.45, 7) is 4.59. The number of amides is 1. The maximum Gasteiger partial charge on any atom is 0.243 e. The van der Waals surface area contributed by atoms with Gasteiger partial charge >= 0.3 is 0 Å². The first-order valence-corrected chi connectivity index (χ1v) is 10.5. The van der Waals surface area contributed by atoms with Gasteiger partial charge in [-0.05, 0) is 36.4 Å². The zero-order valence-electron chi connectivity index (χ0n) is 15.7. The molecule has 3 rings (SSSR count). The van der Waals surface area contributed by atoms with E-state index >= 15 is 0 Å². The normalized spacial score (nSPS) is 15.7. The fourth-order valence-corrected chi connectivity index (χ4v) is 4.71. The summed E-state index contributed by atoms with van der Waals surface area (Å²) in [4.78, 5) is 12.6. The Kier molecular flexibility index (Phi) is 6.09. The summed E-state index contributed by atoms with van der Waals surface area (Å²) in [5.74, 6) is -0.197. The van der Waals surface area contributed by atoms with Gasteiger partial charge in [-0.1, -0.05) is 12.1 Å². The molecule has 1 fully saturated rings. The first-order valence-electron chi connectivity index (χ1n) is 9.09. The summed E-state index contributed by atoms with van der Waals surface area (Å²) < 4.78 is 27.2. The highest BCUT2D eigenvalue weighted by atomic mass is 32.2. The number of sulfonamides is 1. The highest BCUT2D eigenvalue weighted by Crippen LogP contribution is 2.18. The highest BCUT2D eigenvalue weighted by molar-refractivity contribution is 7.89. The fraction of sp³-hybridized carbons (Fsp3) is 0.300. The van der Waals surface area contributed by atoms with E-state index in [1.165, 1.54) is 28.3 Å². The maximum atomic E-state index is 12.9. The Hall–Kier alpha value is -2.73. The summed E-state index contributed by atoms with van der Waals surface area (Å²) in [7, 11) is -3.54. The van der Waals surface area contributed by atoms with Crippen molar-refractivity contribution in [2.75, 3.05) is 31.5 Å². The molecule has 0 atom stereocenters. The molecule has 0 saturated carbocycles. The lowest BCUT2D eigenvalue weighted by Crippen LogP contribution is -3.13. The van der Waals surface area contributed by atoms with Crippen LogP contribution in [0.4, 0.5) is 5.69 Å². The number of carbonyl (C=O) groups is 1. The Bertz CT molecular complexity index is 972. The Balaban J connectivity index is 1.60. The van der Waals surface area contributed by atoms with E-state index in [2.05, 4.69) is 11.4 Å². The van der Waals surface area contributed by atoms with Crippen molar-refractivity contribution in [3.63, 3.8) is 0 Å². The van der Waals surface area contributed by atoms with Crippen LogP contribution in [-0.2, 0) is 21.4 Å². The minimum Gasteiger partial charge on any atom is -0.329 e. The first kappa shape index (κ1) is 20.0. The van der Waals surface area contributed by atoms with Crippen LogP contribution in [0.25, 0.3) is 0 Å². The molecule has 0 spiro atoms. The number of benzene rings is 2. The SMILES string of the molecule is CC(=O)Nc1ccc(S(=O)(=O)N2CC[NH+](Cc3ccc(C#N)cc3)CC2)cc1. The van der Waals surface area contributed by atoms with Crippen molar-refractivity contribution in [2.24, 2.45) is 0 Å². The van der Waals surface area contributed by atoms with Crippen LogP contribution in [0.15, 0.2) is 53.4 Å². The van der Waals surface area contributed by atoms with E-state index in [1.807, 2.05) is 12.1 Å². The molecule has 2 aromatic carbocycles. The van der Waals surface area contributed by atoms with Gasteiger partial charge in [0.15, 0.2) is 0 Å². The van der Waals surface area contributed by atoms with Gasteiger partial charge in [0.25, 0.3) is 0 Å². The number of nitrogens with one attached hydrogen (secondary N) is 2. The molecule has 8 heteroatoms. The van der Waals surface area contributed by atoms with Gasteiger partial charge in [0, 0.05) is 18.2 Å². The Labute approximate surface area is 165 Å². The van der Waals surface area contributed by atoms with E-state index in [0.717, 1.165) is 25.2 Å². The molecule has 1 aliphatic heterocycles. The van der Waals surface area contributed by atoms with Gasteiger partial charge in [0.2, 0.25) is 15.9 Å². The number of anilines is 1. The second kappa shape index (κ2) is 8.52. The van der Waals surface area contributed by atoms with Crippen LogP contribution in [0.1, 0.15) is 18.1 Å². The summed E-state index contributed by atoms with van der Waals surface area (Å²) in [6.07, 6.45) is 0. The Morgan fingerprint density at radius 1 is 1.11 bits per heavy atom. The standard InChI is InChI=1S/C20H22N4O3S/c1-16(25)22-19-6-8-20(9-7-19)28(26,27)24-12-10-23(11-13-24)15-18-4-2-17(14-21)3-5-18/h2-9H,10-13,15H2,1H3,(H,22,25)/p+1. The van der Waals surface area contributed by atoms with Gasteiger partial charge in [-0.2, -0.15) is 9.57 Å². The van der Waals surface area contributed by atoms with Crippen LogP contribution in [0.3, 0.4) is 0 Å². The van der Waals surface area contributed by atoms with Gasteiger partial charge in [-0.15, -0.1) is 0 Å². The molecular weight excluding hydrogens is 376 g/mol. The number of hydrogen-bond acceptors (Lipinski definition) is 4. The molecular formula is C20H23N4O3S+. The molecule has 1 amide bonds. The van der Waals surface area contributed by atoms with E-state index in [0.29, 0.717) is 24.3 Å². The number of carbonyl (C=O) groups excluding carboxylic acids is 1. The molecule has 0 unspecified atom stereocenters. The number of piperazine rings is 1. The van der Waals surface area contributed by atoms with Gasteiger partial charge in [0.05, 0.1) is 42.7 Å². The van der Waals surface area contributed by atoms with Crippen LogP contribution in [0, 0.1) is 11.3 Å². The zero-order chi connectivity index (χ0) is 20.1. The number of quaternary nitrogens is 1. The quantitative estimate of drug-likeness (QED) is 0.770. The van der Waals surface area contributed by atoms with Crippen molar-refractivity contribution in [2.45, 2.75) is 18.4 Å². The van der Waals surface area contributed by atoms with Crippen molar-refractivity contribution >= 4 is 21.6 Å². The van der Waals surface area contributed by atoms with Gasteiger partial charge in [0.1, 0.15) is 6.54 Å². The molecule has 2 N–H and O–H groups in total. The molecule has 0 radical (unpaired) electrons. The van der Waals surface area contributed by atoms with Gasteiger partial charge < -0.3 is 10.2 Å². The van der Waals surface area contributed by atoms with Crippen molar-refractivity contribution in [3.05, 3.63) is 59.7 Å². The smallest absolute Gasteiger partial charge is 0.243 e. The maximum absolute atomic E-state index is 12.9. The summed E-state index contributed by atoms with van der Waals surface area (Å²) in [6, 6.07) is 15.9. The average Bonchev–Trinajstić information content (AvgIpc) is 2.69. The van der Waals surface area contributed by atoms with Crippen molar-refractivity contribution in [3.8, 4) is 6.07 Å². The average molecular weight is 399 g/mol. The monoisotopic (exact) mass is 399 g/mol. The first-order chi connectivity index (χ1) is 13.4. The second-order valence-corrected chi connectivity index (χ2v) is 8.78. The minimum atomic E-state index is -3.54. The third-order valence-electron chi connectivity index (χ3n) is 4.78. The van der Waals surface area contributed by atoms with Crippen molar-refractivity contribution < 1.29 is 18.1 Å². The lowest BCUT2D eigenvalue weighted by Gasteiger charge is -2.31. The fourth-order valence-electron chi connectivity index (χ4n) is 3.27. The molecule has 7 nitrogen and oxygen atoms in total. The predicted octanol–water partition coefficient (Wildman–Crippen LogP) is 0.606. The molecule has 2 aromatic rings. The largest absolute Gasteiger partial charge is 0.329 e. The van der Waals surface area contributed by atoms with E-state index in [-0.39, 0.29) is 10.8 Å². The second-order valence-electron chi connectivity index (χ2n) is 6.85. The van der Waals surface area contributed by atoms with Gasteiger partial charge in [-0.3, -0.25) is 4.79 Å². The third-order valence-corrected chi connectivity index (χ3v) is 6.69. The summed E-state index contributed by atoms with van der Waals surface area (Å²) in [5.41, 5.74) is 2.35. The van der Waals surface area contributed by atoms with Crippen LogP contribution in [0.5, 0.6) is 0 Å². The lowest BCUT2D eigenvalue weighted by atomic mass is 10.1. The zero-order valence-corrected chi connectivity index (χ0v) is 16.5. The van der Waals surface area contributed by atoms with E-state index in [1.54, 1.807) is 24.3 Å². The number of nitriles is 1. The summed E-state index contributed by atoms with van der Waals surface area (Å²) in [5, 5.41) is 11.5. The molecule has 0 bridgehead atoms. The predicted molar refractivity (Wildman–Crippen MR) is 105 cm³/mol. The molecule has 1 aliphatic rings.